The van der Waals surface area contributed by atoms with E-state index in [0.717, 1.165) is 42.9 Å². The normalized spacial score (nSPS) is 20.6. The van der Waals surface area contributed by atoms with E-state index < -0.39 is 0 Å². The summed E-state index contributed by atoms with van der Waals surface area (Å²) in [5, 5.41) is 3.95. The minimum Gasteiger partial charge on any atom is -0.353 e. The number of fused-ring (bicyclic) bond motifs is 1. The van der Waals surface area contributed by atoms with Gasteiger partial charge in [0, 0.05) is 51.2 Å². The van der Waals surface area contributed by atoms with Gasteiger partial charge in [0.2, 0.25) is 11.8 Å². The highest BCUT2D eigenvalue weighted by Gasteiger charge is 2.34. The summed E-state index contributed by atoms with van der Waals surface area (Å²) in [4.78, 5) is 40.5. The largest absolute Gasteiger partial charge is 0.353 e. The fourth-order valence-electron chi connectivity index (χ4n) is 4.38. The number of carbonyl (C=O) groups is 2. The van der Waals surface area contributed by atoms with Crippen molar-refractivity contribution in [2.24, 2.45) is 5.92 Å². The predicted octanol–water partition coefficient (Wildman–Crippen LogP) is 1.12. The average Bonchev–Trinajstić information content (AvgIpc) is 2.75. The molecule has 0 saturated carbocycles. The zero-order valence-corrected chi connectivity index (χ0v) is 17.8. The zero-order valence-electron chi connectivity index (χ0n) is 17.8. The van der Waals surface area contributed by atoms with Crippen LogP contribution in [0.4, 0.5) is 5.82 Å². The molecule has 0 radical (unpaired) electrons. The fraction of sp³-hybridized carbons (Fsp3) is 0.545. The molecule has 4 rings (SSSR count). The molecule has 2 saturated heterocycles. The van der Waals surface area contributed by atoms with Gasteiger partial charge in [-0.25, -0.2) is 9.97 Å². The number of rotatable bonds is 5. The van der Waals surface area contributed by atoms with Crippen molar-refractivity contribution in [3.05, 3.63) is 30.6 Å². The van der Waals surface area contributed by atoms with Gasteiger partial charge in [0.25, 0.3) is 0 Å². The van der Waals surface area contributed by atoms with Gasteiger partial charge in [0.05, 0.1) is 18.0 Å². The number of nitrogens with one attached hydrogen (secondary N) is 1. The lowest BCUT2D eigenvalue weighted by Crippen LogP contribution is -2.58. The Kier molecular flexibility index (Phi) is 6.13. The summed E-state index contributed by atoms with van der Waals surface area (Å²) < 4.78 is 0. The summed E-state index contributed by atoms with van der Waals surface area (Å²) in [7, 11) is 0. The highest BCUT2D eigenvalue weighted by Crippen LogP contribution is 2.24. The van der Waals surface area contributed by atoms with Gasteiger partial charge in [-0.2, -0.15) is 0 Å². The van der Waals surface area contributed by atoms with Gasteiger partial charge >= 0.3 is 0 Å². The minimum absolute atomic E-state index is 0.0265. The molecular formula is C22H30N6O2. The summed E-state index contributed by atoms with van der Waals surface area (Å²) in [5.74, 6) is 1.40. The molecule has 3 heterocycles. The van der Waals surface area contributed by atoms with Gasteiger partial charge in [-0.3, -0.25) is 14.5 Å². The van der Waals surface area contributed by atoms with Crippen LogP contribution >= 0.6 is 0 Å². The first-order chi connectivity index (χ1) is 14.5. The smallest absolute Gasteiger partial charge is 0.237 e. The maximum Gasteiger partial charge on any atom is 0.237 e. The Balaban J connectivity index is 1.38. The quantitative estimate of drug-likeness (QED) is 0.796. The standard InChI is InChI=1S/C22H30N6O2/c1-16(2)14-28-8-7-23-22(30)19(28)13-20(29)26-9-11-27(12-10-26)21-17-5-3-4-6-18(17)24-15-25-21/h3-6,15-16,19H,7-14H2,1-2H3,(H,23,30)/t19-/m0/s1. The van der Waals surface area contributed by atoms with E-state index in [1.54, 1.807) is 6.33 Å². The van der Waals surface area contributed by atoms with Crippen LogP contribution < -0.4 is 10.2 Å². The molecule has 30 heavy (non-hydrogen) atoms. The van der Waals surface area contributed by atoms with Crippen molar-refractivity contribution in [2.75, 3.05) is 50.7 Å². The third kappa shape index (κ3) is 4.38. The number of hydrogen-bond donors (Lipinski definition) is 1. The molecule has 2 fully saturated rings. The molecule has 1 aromatic carbocycles. The second-order valence-corrected chi connectivity index (χ2v) is 8.48. The first-order valence-electron chi connectivity index (χ1n) is 10.8. The highest BCUT2D eigenvalue weighted by atomic mass is 16.2. The fourth-order valence-corrected chi connectivity index (χ4v) is 4.38. The number of nitrogens with zero attached hydrogens (tertiary/aromatic N) is 5. The molecule has 2 aromatic rings. The Morgan fingerprint density at radius 2 is 1.90 bits per heavy atom. The van der Waals surface area contributed by atoms with Crippen molar-refractivity contribution in [3.63, 3.8) is 0 Å². The topological polar surface area (TPSA) is 81.7 Å². The number of piperazine rings is 2. The van der Waals surface area contributed by atoms with E-state index in [1.807, 2.05) is 29.2 Å². The Bertz CT molecular complexity index is 904. The molecule has 1 N–H and O–H groups in total. The van der Waals surface area contributed by atoms with E-state index in [2.05, 4.69) is 38.9 Å². The van der Waals surface area contributed by atoms with Gasteiger partial charge < -0.3 is 15.1 Å². The monoisotopic (exact) mass is 410 g/mol. The summed E-state index contributed by atoms with van der Waals surface area (Å²) in [6.45, 7) is 9.28. The number of aromatic nitrogens is 2. The van der Waals surface area contributed by atoms with E-state index in [1.165, 1.54) is 0 Å². The number of carbonyl (C=O) groups excluding carboxylic acids is 2. The average molecular weight is 411 g/mol. The lowest BCUT2D eigenvalue weighted by Gasteiger charge is -2.39. The molecule has 1 atom stereocenters. The Labute approximate surface area is 177 Å². The third-order valence-corrected chi connectivity index (χ3v) is 5.86. The molecule has 0 bridgehead atoms. The molecule has 0 unspecified atom stereocenters. The van der Waals surface area contributed by atoms with Crippen molar-refractivity contribution in [3.8, 4) is 0 Å². The van der Waals surface area contributed by atoms with Gasteiger partial charge in [0.15, 0.2) is 0 Å². The number of amides is 2. The van der Waals surface area contributed by atoms with Gasteiger partial charge in [-0.1, -0.05) is 26.0 Å². The van der Waals surface area contributed by atoms with Crippen LogP contribution in [0.5, 0.6) is 0 Å². The Hall–Kier alpha value is -2.74. The van der Waals surface area contributed by atoms with Crippen LogP contribution in [0, 0.1) is 5.92 Å². The van der Waals surface area contributed by atoms with Crippen LogP contribution in [0.15, 0.2) is 30.6 Å². The maximum atomic E-state index is 13.0. The van der Waals surface area contributed by atoms with Gasteiger partial charge in [0.1, 0.15) is 12.1 Å². The molecular weight excluding hydrogens is 380 g/mol. The van der Waals surface area contributed by atoms with E-state index in [9.17, 15) is 9.59 Å². The summed E-state index contributed by atoms with van der Waals surface area (Å²) in [6, 6.07) is 7.62. The van der Waals surface area contributed by atoms with Crippen molar-refractivity contribution < 1.29 is 9.59 Å². The molecule has 0 aliphatic carbocycles. The SMILES string of the molecule is CC(C)CN1CCNC(=O)[C@@H]1CC(=O)N1CCN(c2ncnc3ccccc23)CC1. The molecule has 1 aromatic heterocycles. The van der Waals surface area contributed by atoms with E-state index >= 15 is 0 Å². The van der Waals surface area contributed by atoms with Crippen LogP contribution in [0.3, 0.4) is 0 Å². The summed E-state index contributed by atoms with van der Waals surface area (Å²) >= 11 is 0. The van der Waals surface area contributed by atoms with Crippen molar-refractivity contribution in [1.29, 1.82) is 0 Å². The van der Waals surface area contributed by atoms with Crippen LogP contribution in [-0.2, 0) is 9.59 Å². The van der Waals surface area contributed by atoms with E-state index in [-0.39, 0.29) is 24.3 Å². The second kappa shape index (κ2) is 8.95. The first kappa shape index (κ1) is 20.5. The molecule has 8 nitrogen and oxygen atoms in total. The van der Waals surface area contributed by atoms with Crippen LogP contribution in [-0.4, -0.2) is 83.4 Å². The maximum absolute atomic E-state index is 13.0. The second-order valence-electron chi connectivity index (χ2n) is 8.48. The molecule has 2 aliphatic heterocycles. The number of anilines is 1. The summed E-state index contributed by atoms with van der Waals surface area (Å²) in [5.41, 5.74) is 0.926. The number of para-hydroxylation sites is 1. The molecule has 2 aliphatic rings. The molecule has 0 spiro atoms. The van der Waals surface area contributed by atoms with E-state index in [0.29, 0.717) is 25.6 Å². The molecule has 8 heteroatoms. The number of hydrogen-bond acceptors (Lipinski definition) is 6. The van der Waals surface area contributed by atoms with Crippen LogP contribution in [0.2, 0.25) is 0 Å². The molecule has 2 amide bonds. The summed E-state index contributed by atoms with van der Waals surface area (Å²) in [6.07, 6.45) is 1.84. The van der Waals surface area contributed by atoms with Crippen LogP contribution in [0.25, 0.3) is 10.9 Å². The first-order valence-corrected chi connectivity index (χ1v) is 10.8. The Morgan fingerprint density at radius 3 is 2.67 bits per heavy atom. The predicted molar refractivity (Wildman–Crippen MR) is 116 cm³/mol. The van der Waals surface area contributed by atoms with Crippen molar-refractivity contribution in [2.45, 2.75) is 26.3 Å². The van der Waals surface area contributed by atoms with E-state index in [4.69, 9.17) is 0 Å². The van der Waals surface area contributed by atoms with Crippen molar-refractivity contribution in [1.82, 2.24) is 25.1 Å². The van der Waals surface area contributed by atoms with Gasteiger partial charge in [-0.15, -0.1) is 0 Å². The lowest BCUT2D eigenvalue weighted by atomic mass is 10.0. The zero-order chi connectivity index (χ0) is 21.1. The highest BCUT2D eigenvalue weighted by molar-refractivity contribution is 5.90. The number of benzene rings is 1. The third-order valence-electron chi connectivity index (χ3n) is 5.86. The Morgan fingerprint density at radius 1 is 1.13 bits per heavy atom. The van der Waals surface area contributed by atoms with Crippen molar-refractivity contribution >= 4 is 28.5 Å². The minimum atomic E-state index is -0.363. The van der Waals surface area contributed by atoms with Gasteiger partial charge in [-0.05, 0) is 18.1 Å². The van der Waals surface area contributed by atoms with Crippen LogP contribution in [0.1, 0.15) is 20.3 Å². The molecule has 160 valence electrons. The lowest BCUT2D eigenvalue weighted by molar-refractivity contribution is -0.139.